The van der Waals surface area contributed by atoms with E-state index in [9.17, 15) is 0 Å². The second-order valence-corrected chi connectivity index (χ2v) is 10.2. The molecule has 170 valence electrons. The fourth-order valence-corrected chi connectivity index (χ4v) is 5.26. The smallest absolute Gasteiger partial charge is 0.170 e. The van der Waals surface area contributed by atoms with Gasteiger partial charge in [-0.3, -0.25) is 4.98 Å². The van der Waals surface area contributed by atoms with Gasteiger partial charge in [0.1, 0.15) is 0 Å². The number of fused-ring (bicyclic) bond motifs is 1. The first kappa shape index (κ1) is 22.7. The molecule has 1 aromatic carbocycles. The number of rotatable bonds is 6. The molecule has 2 aliphatic rings. The van der Waals surface area contributed by atoms with E-state index in [1.807, 2.05) is 12.3 Å². The van der Waals surface area contributed by atoms with E-state index in [1.165, 1.54) is 22.4 Å². The Morgan fingerprint density at radius 3 is 2.66 bits per heavy atom. The minimum Gasteiger partial charge on any atom is -0.366 e. The molecule has 1 aromatic heterocycles. The highest BCUT2D eigenvalue weighted by atomic mass is 32.1. The van der Waals surface area contributed by atoms with Crippen LogP contribution in [0, 0.1) is 0 Å². The molecular weight excluding hydrogens is 414 g/mol. The maximum atomic E-state index is 5.82. The molecule has 6 heteroatoms. The highest BCUT2D eigenvalue weighted by Gasteiger charge is 2.40. The standard InChI is InChI=1S/C26H35N5S/c1-18-17-26(2,3)30(6)22-12-11-19(16-20(18)22)24-23(21-10-7-8-13-27-21)28-25(32)31(24)15-9-14-29(4)5/h7-8,10-13,16-17,23-24H,9,14-15H2,1-6H3,(H,28,32)/t23-,24+/m1/s1. The Bertz CT molecular complexity index is 1010. The minimum absolute atomic E-state index is 0.00376. The summed E-state index contributed by atoms with van der Waals surface area (Å²) in [4.78, 5) is 11.6. The van der Waals surface area contributed by atoms with Crippen LogP contribution in [0.15, 0.2) is 48.7 Å². The molecule has 4 rings (SSSR count). The Kier molecular flexibility index (Phi) is 6.28. The van der Waals surface area contributed by atoms with E-state index in [-0.39, 0.29) is 17.6 Å². The molecule has 5 nitrogen and oxygen atoms in total. The Morgan fingerprint density at radius 2 is 1.97 bits per heavy atom. The van der Waals surface area contributed by atoms with Crippen molar-refractivity contribution in [1.29, 1.82) is 0 Å². The monoisotopic (exact) mass is 449 g/mol. The Morgan fingerprint density at radius 1 is 1.19 bits per heavy atom. The molecule has 2 aromatic rings. The normalized spacial score (nSPS) is 22.1. The molecule has 0 unspecified atom stereocenters. The molecule has 0 saturated carbocycles. The van der Waals surface area contributed by atoms with E-state index < -0.39 is 0 Å². The Balaban J connectivity index is 1.74. The van der Waals surface area contributed by atoms with Gasteiger partial charge in [-0.2, -0.15) is 0 Å². The highest BCUT2D eigenvalue weighted by Crippen LogP contribution is 2.43. The summed E-state index contributed by atoms with van der Waals surface area (Å²) in [5, 5.41) is 4.39. The molecule has 0 amide bonds. The second-order valence-electron chi connectivity index (χ2n) is 9.79. The predicted molar refractivity (Wildman–Crippen MR) is 138 cm³/mol. The Hall–Kier alpha value is -2.44. The molecule has 0 bridgehead atoms. The van der Waals surface area contributed by atoms with Crippen LogP contribution >= 0.6 is 12.2 Å². The van der Waals surface area contributed by atoms with Crippen molar-refractivity contribution in [1.82, 2.24) is 20.1 Å². The quantitative estimate of drug-likeness (QED) is 0.648. The number of allylic oxidation sites excluding steroid dienone is 1. The van der Waals surface area contributed by atoms with Crippen LogP contribution < -0.4 is 10.2 Å². The summed E-state index contributed by atoms with van der Waals surface area (Å²) in [5.74, 6) is 0. The molecule has 3 heterocycles. The van der Waals surface area contributed by atoms with Crippen molar-refractivity contribution in [3.05, 3.63) is 65.5 Å². The summed E-state index contributed by atoms with van der Waals surface area (Å²) >= 11 is 5.82. The molecule has 2 aliphatic heterocycles. The highest BCUT2D eigenvalue weighted by molar-refractivity contribution is 7.80. The van der Waals surface area contributed by atoms with Crippen molar-refractivity contribution in [2.24, 2.45) is 0 Å². The maximum Gasteiger partial charge on any atom is 0.170 e. The van der Waals surface area contributed by atoms with E-state index in [0.717, 1.165) is 30.3 Å². The van der Waals surface area contributed by atoms with Crippen molar-refractivity contribution in [2.45, 2.75) is 44.8 Å². The van der Waals surface area contributed by atoms with Crippen molar-refractivity contribution < 1.29 is 0 Å². The first-order chi connectivity index (χ1) is 15.2. The van der Waals surface area contributed by atoms with Gasteiger partial charge in [0.2, 0.25) is 0 Å². The third-order valence-electron chi connectivity index (χ3n) is 6.78. The van der Waals surface area contributed by atoms with Gasteiger partial charge in [0, 0.05) is 31.0 Å². The summed E-state index contributed by atoms with van der Waals surface area (Å²) in [6, 6.07) is 13.2. The average molecular weight is 450 g/mol. The van der Waals surface area contributed by atoms with Gasteiger partial charge < -0.3 is 20.0 Å². The molecular formula is C26H35N5S. The lowest BCUT2D eigenvalue weighted by Gasteiger charge is -2.41. The lowest BCUT2D eigenvalue weighted by Crippen LogP contribution is -2.42. The van der Waals surface area contributed by atoms with Crippen LogP contribution in [0.1, 0.15) is 56.1 Å². The summed E-state index contributed by atoms with van der Waals surface area (Å²) in [7, 11) is 6.41. The van der Waals surface area contributed by atoms with Crippen LogP contribution in [0.2, 0.25) is 0 Å². The number of nitrogens with one attached hydrogen (secondary N) is 1. The van der Waals surface area contributed by atoms with Crippen LogP contribution in [0.5, 0.6) is 0 Å². The van der Waals surface area contributed by atoms with Crippen LogP contribution in [0.4, 0.5) is 5.69 Å². The average Bonchev–Trinajstić information content (AvgIpc) is 3.08. The van der Waals surface area contributed by atoms with Crippen molar-refractivity contribution in [3.63, 3.8) is 0 Å². The third-order valence-corrected chi connectivity index (χ3v) is 7.14. The van der Waals surface area contributed by atoms with Crippen LogP contribution in [0.25, 0.3) is 5.57 Å². The second kappa shape index (κ2) is 8.83. The molecule has 1 fully saturated rings. The van der Waals surface area contributed by atoms with Gasteiger partial charge in [-0.15, -0.1) is 0 Å². The molecule has 0 radical (unpaired) electrons. The zero-order valence-corrected chi connectivity index (χ0v) is 20.9. The largest absolute Gasteiger partial charge is 0.366 e. The fourth-order valence-electron chi connectivity index (χ4n) is 4.93. The van der Waals surface area contributed by atoms with Gasteiger partial charge >= 0.3 is 0 Å². The van der Waals surface area contributed by atoms with Gasteiger partial charge in [-0.25, -0.2) is 0 Å². The zero-order chi connectivity index (χ0) is 23.0. The fraction of sp³-hybridized carbons (Fsp3) is 0.462. The molecule has 2 atom stereocenters. The summed E-state index contributed by atoms with van der Waals surface area (Å²) < 4.78 is 0. The zero-order valence-electron chi connectivity index (χ0n) is 20.1. The SMILES string of the molecule is CC1=CC(C)(C)N(C)c2ccc([C@H]3[C@@H](c4ccccn4)NC(=S)N3CCCN(C)C)cc21. The van der Waals surface area contributed by atoms with E-state index in [0.29, 0.717) is 0 Å². The topological polar surface area (TPSA) is 34.6 Å². The number of hydrogen-bond donors (Lipinski definition) is 1. The number of nitrogens with zero attached hydrogens (tertiary/aromatic N) is 4. The maximum absolute atomic E-state index is 5.82. The molecule has 0 aliphatic carbocycles. The van der Waals surface area contributed by atoms with Gasteiger partial charge in [0.15, 0.2) is 5.11 Å². The molecule has 32 heavy (non-hydrogen) atoms. The predicted octanol–water partition coefficient (Wildman–Crippen LogP) is 4.64. The summed E-state index contributed by atoms with van der Waals surface area (Å²) in [5.41, 5.74) is 6.21. The third kappa shape index (κ3) is 4.26. The van der Waals surface area contributed by atoms with E-state index in [4.69, 9.17) is 12.2 Å². The van der Waals surface area contributed by atoms with E-state index >= 15 is 0 Å². The first-order valence-electron chi connectivity index (χ1n) is 11.4. The van der Waals surface area contributed by atoms with Crippen LogP contribution in [-0.2, 0) is 0 Å². The van der Waals surface area contributed by atoms with Gasteiger partial charge in [-0.05, 0) is 95.5 Å². The number of aromatic nitrogens is 1. The van der Waals surface area contributed by atoms with Gasteiger partial charge in [0.05, 0.1) is 23.3 Å². The number of hydrogen-bond acceptors (Lipinski definition) is 4. The van der Waals surface area contributed by atoms with E-state index in [1.54, 1.807) is 0 Å². The number of benzene rings is 1. The molecule has 1 saturated heterocycles. The molecule has 1 N–H and O–H groups in total. The lowest BCUT2D eigenvalue weighted by molar-refractivity contribution is 0.293. The summed E-state index contributed by atoms with van der Waals surface area (Å²) in [6.45, 7) is 8.69. The number of likely N-dealkylation sites (N-methyl/N-ethyl adjacent to an activating group) is 1. The van der Waals surface area contributed by atoms with Crippen LogP contribution in [0.3, 0.4) is 0 Å². The molecule has 0 spiro atoms. The van der Waals surface area contributed by atoms with Gasteiger partial charge in [0.25, 0.3) is 0 Å². The number of thiocarbonyl (C=S) groups is 1. The summed E-state index contributed by atoms with van der Waals surface area (Å²) in [6.07, 6.45) is 5.28. The number of anilines is 1. The Labute approximate surface area is 198 Å². The van der Waals surface area contributed by atoms with Crippen molar-refractivity contribution >= 4 is 28.6 Å². The first-order valence-corrected chi connectivity index (χ1v) is 11.8. The minimum atomic E-state index is 0.00376. The van der Waals surface area contributed by atoms with E-state index in [2.05, 4.69) is 103 Å². The lowest BCUT2D eigenvalue weighted by atomic mass is 9.86. The van der Waals surface area contributed by atoms with Crippen molar-refractivity contribution in [3.8, 4) is 0 Å². The number of pyridine rings is 1. The van der Waals surface area contributed by atoms with Crippen molar-refractivity contribution in [2.75, 3.05) is 39.1 Å². The van der Waals surface area contributed by atoms with Gasteiger partial charge in [-0.1, -0.05) is 18.2 Å². The van der Waals surface area contributed by atoms with Crippen LogP contribution in [-0.4, -0.2) is 59.7 Å².